The second kappa shape index (κ2) is 9.12. The zero-order valence-corrected chi connectivity index (χ0v) is 18.3. The van der Waals surface area contributed by atoms with Crippen molar-refractivity contribution < 1.29 is 9.47 Å². The molecule has 0 fully saturated rings. The Bertz CT molecular complexity index is 1360. The summed E-state index contributed by atoms with van der Waals surface area (Å²) in [7, 11) is 1.65. The Labute approximate surface area is 191 Å². The molecule has 6 nitrogen and oxygen atoms in total. The van der Waals surface area contributed by atoms with Crippen LogP contribution in [-0.2, 0) is 11.8 Å². The van der Waals surface area contributed by atoms with Crippen molar-refractivity contribution in [3.05, 3.63) is 101 Å². The molecule has 3 aromatic carbocycles. The summed E-state index contributed by atoms with van der Waals surface area (Å²) in [6.45, 7) is 1.46. The molecule has 5 rings (SSSR count). The van der Waals surface area contributed by atoms with Gasteiger partial charge in [-0.15, -0.1) is 0 Å². The molecule has 1 aromatic heterocycles. The number of aliphatic imine (C=N–C) groups is 1. The lowest BCUT2D eigenvalue weighted by Gasteiger charge is -2.16. The van der Waals surface area contributed by atoms with E-state index in [1.807, 2.05) is 78.9 Å². The van der Waals surface area contributed by atoms with E-state index in [9.17, 15) is 4.79 Å². The molecule has 0 saturated carbocycles. The van der Waals surface area contributed by atoms with Crippen LogP contribution in [0.5, 0.6) is 11.5 Å². The second-order valence-corrected chi connectivity index (χ2v) is 7.75. The smallest absolute Gasteiger partial charge is 0.267 e. The monoisotopic (exact) mass is 437 g/mol. The number of benzene rings is 3. The van der Waals surface area contributed by atoms with Crippen LogP contribution < -0.4 is 10.3 Å². The van der Waals surface area contributed by atoms with Crippen LogP contribution in [0, 0.1) is 0 Å². The van der Waals surface area contributed by atoms with Crippen LogP contribution >= 0.6 is 0 Å². The maximum atomic E-state index is 12.5. The first kappa shape index (κ1) is 20.7. The number of para-hydroxylation sites is 2. The molecule has 0 saturated heterocycles. The molecule has 6 heteroatoms. The fourth-order valence-electron chi connectivity index (χ4n) is 3.75. The van der Waals surface area contributed by atoms with Crippen LogP contribution in [0.1, 0.15) is 12.0 Å². The standard InChI is InChI=1S/C27H23N3O3/c1-30-25(31)18-23(19-12-14-20(15-13-19)27-28-16-7-17-32-27)26(29-30)22-10-5-6-11-24(22)33-21-8-3-2-4-9-21/h2-6,8-15,18H,7,16-17H2,1H3. The van der Waals surface area contributed by atoms with Crippen LogP contribution in [0.2, 0.25) is 0 Å². The fourth-order valence-corrected chi connectivity index (χ4v) is 3.75. The van der Waals surface area contributed by atoms with Crippen molar-refractivity contribution in [3.63, 3.8) is 0 Å². The van der Waals surface area contributed by atoms with Gasteiger partial charge in [0.2, 0.25) is 5.90 Å². The van der Waals surface area contributed by atoms with E-state index in [2.05, 4.69) is 10.1 Å². The van der Waals surface area contributed by atoms with Crippen LogP contribution in [0.15, 0.2) is 94.7 Å². The van der Waals surface area contributed by atoms with Gasteiger partial charge in [0, 0.05) is 42.8 Å². The van der Waals surface area contributed by atoms with Gasteiger partial charge >= 0.3 is 0 Å². The highest BCUT2D eigenvalue weighted by Gasteiger charge is 2.17. The summed E-state index contributed by atoms with van der Waals surface area (Å²) in [4.78, 5) is 17.0. The predicted octanol–water partition coefficient (Wildman–Crippen LogP) is 5.07. The van der Waals surface area contributed by atoms with Crippen molar-refractivity contribution in [1.29, 1.82) is 0 Å². The van der Waals surface area contributed by atoms with Gasteiger partial charge in [0.25, 0.3) is 5.56 Å². The van der Waals surface area contributed by atoms with Gasteiger partial charge in [-0.25, -0.2) is 4.68 Å². The molecular formula is C27H23N3O3. The molecule has 33 heavy (non-hydrogen) atoms. The van der Waals surface area contributed by atoms with E-state index < -0.39 is 0 Å². The largest absolute Gasteiger partial charge is 0.477 e. The van der Waals surface area contributed by atoms with Crippen molar-refractivity contribution in [2.75, 3.05) is 13.2 Å². The molecule has 4 aromatic rings. The molecule has 0 radical (unpaired) electrons. The Kier molecular flexibility index (Phi) is 5.72. The summed E-state index contributed by atoms with van der Waals surface area (Å²) in [6, 6.07) is 26.8. The average Bonchev–Trinajstić information content (AvgIpc) is 2.87. The van der Waals surface area contributed by atoms with Gasteiger partial charge in [-0.2, -0.15) is 5.10 Å². The molecule has 0 N–H and O–H groups in total. The normalized spacial score (nSPS) is 13.2. The predicted molar refractivity (Wildman–Crippen MR) is 129 cm³/mol. The van der Waals surface area contributed by atoms with Crippen molar-refractivity contribution in [2.45, 2.75) is 6.42 Å². The Morgan fingerprint density at radius 3 is 2.36 bits per heavy atom. The summed E-state index contributed by atoms with van der Waals surface area (Å²) in [5.41, 5.74) is 3.83. The molecule has 164 valence electrons. The van der Waals surface area contributed by atoms with Crippen LogP contribution in [0.4, 0.5) is 0 Å². The first-order valence-electron chi connectivity index (χ1n) is 10.9. The molecule has 0 amide bonds. The second-order valence-electron chi connectivity index (χ2n) is 7.75. The van der Waals surface area contributed by atoms with E-state index in [1.54, 1.807) is 13.1 Å². The van der Waals surface area contributed by atoms with Gasteiger partial charge in [0.05, 0.1) is 6.61 Å². The SMILES string of the molecule is Cn1nc(-c2ccccc2Oc2ccccc2)c(-c2ccc(C3=NCCCO3)cc2)cc1=O. The Balaban J connectivity index is 1.59. The zero-order chi connectivity index (χ0) is 22.6. The molecule has 1 aliphatic rings. The quantitative estimate of drug-likeness (QED) is 0.437. The summed E-state index contributed by atoms with van der Waals surface area (Å²) in [5.74, 6) is 2.06. The number of nitrogens with zero attached hydrogens (tertiary/aromatic N) is 3. The van der Waals surface area contributed by atoms with Gasteiger partial charge in [-0.05, 0) is 42.0 Å². The Hall–Kier alpha value is -4.19. The maximum Gasteiger partial charge on any atom is 0.267 e. The zero-order valence-electron chi connectivity index (χ0n) is 18.3. The van der Waals surface area contributed by atoms with E-state index in [1.165, 1.54) is 4.68 Å². The molecule has 0 unspecified atom stereocenters. The topological polar surface area (TPSA) is 65.7 Å². The number of rotatable bonds is 5. The third-order valence-electron chi connectivity index (χ3n) is 5.44. The van der Waals surface area contributed by atoms with E-state index >= 15 is 0 Å². The molecule has 1 aliphatic heterocycles. The van der Waals surface area contributed by atoms with Crippen LogP contribution in [0.25, 0.3) is 22.4 Å². The van der Waals surface area contributed by atoms with Gasteiger partial charge in [-0.3, -0.25) is 9.79 Å². The molecule has 0 aliphatic carbocycles. The van der Waals surface area contributed by atoms with Gasteiger partial charge in [-0.1, -0.05) is 42.5 Å². The van der Waals surface area contributed by atoms with Gasteiger partial charge < -0.3 is 9.47 Å². The average molecular weight is 437 g/mol. The number of hydrogen-bond donors (Lipinski definition) is 0. The first-order chi connectivity index (χ1) is 16.2. The van der Waals surface area contributed by atoms with Crippen LogP contribution in [-0.4, -0.2) is 28.8 Å². The minimum Gasteiger partial charge on any atom is -0.477 e. The number of hydrogen-bond acceptors (Lipinski definition) is 5. The van der Waals surface area contributed by atoms with Crippen molar-refractivity contribution >= 4 is 5.90 Å². The molecule has 0 spiro atoms. The lowest BCUT2D eigenvalue weighted by atomic mass is 9.98. The highest BCUT2D eigenvalue weighted by atomic mass is 16.5. The number of aromatic nitrogens is 2. The van der Waals surface area contributed by atoms with E-state index in [-0.39, 0.29) is 5.56 Å². The minimum atomic E-state index is -0.181. The van der Waals surface area contributed by atoms with E-state index in [0.29, 0.717) is 23.9 Å². The van der Waals surface area contributed by atoms with E-state index in [4.69, 9.17) is 9.47 Å². The third kappa shape index (κ3) is 4.41. The van der Waals surface area contributed by atoms with Crippen molar-refractivity contribution in [2.24, 2.45) is 12.0 Å². The van der Waals surface area contributed by atoms with Crippen LogP contribution in [0.3, 0.4) is 0 Å². The van der Waals surface area contributed by atoms with Crippen molar-refractivity contribution in [1.82, 2.24) is 9.78 Å². The molecule has 0 atom stereocenters. The lowest BCUT2D eigenvalue weighted by molar-refractivity contribution is 0.284. The minimum absolute atomic E-state index is 0.181. The molecular weight excluding hydrogens is 414 g/mol. The summed E-state index contributed by atoms with van der Waals surface area (Å²) < 4.78 is 13.2. The number of ether oxygens (including phenoxy) is 2. The van der Waals surface area contributed by atoms with Crippen molar-refractivity contribution in [3.8, 4) is 33.9 Å². The number of aryl methyl sites for hydroxylation is 1. The Morgan fingerprint density at radius 2 is 1.61 bits per heavy atom. The highest BCUT2D eigenvalue weighted by molar-refractivity contribution is 5.95. The van der Waals surface area contributed by atoms with Gasteiger partial charge in [0.15, 0.2) is 0 Å². The molecule has 0 bridgehead atoms. The summed E-state index contributed by atoms with van der Waals surface area (Å²) in [5, 5.41) is 4.61. The Morgan fingerprint density at radius 1 is 0.879 bits per heavy atom. The fraction of sp³-hybridized carbons (Fsp3) is 0.148. The third-order valence-corrected chi connectivity index (χ3v) is 5.44. The summed E-state index contributed by atoms with van der Waals surface area (Å²) in [6.07, 6.45) is 0.939. The maximum absolute atomic E-state index is 12.5. The first-order valence-corrected chi connectivity index (χ1v) is 10.9. The van der Waals surface area contributed by atoms with E-state index in [0.717, 1.165) is 41.0 Å². The summed E-state index contributed by atoms with van der Waals surface area (Å²) >= 11 is 0. The van der Waals surface area contributed by atoms with Gasteiger partial charge in [0.1, 0.15) is 17.2 Å². The highest BCUT2D eigenvalue weighted by Crippen LogP contribution is 2.37. The lowest BCUT2D eigenvalue weighted by Crippen LogP contribution is -2.19. The molecule has 2 heterocycles.